The fraction of sp³-hybridized carbons (Fsp3) is 0.125. The van der Waals surface area contributed by atoms with Crippen molar-refractivity contribution in [2.45, 2.75) is 5.92 Å². The predicted molar refractivity (Wildman–Crippen MR) is 35.7 cm³/mol. The summed E-state index contributed by atoms with van der Waals surface area (Å²) in [6.07, 6.45) is 0. The maximum atomic E-state index is 12.4. The molecular weight excluding hydrogens is 153 g/mol. The first kappa shape index (κ1) is 8.11. The van der Waals surface area contributed by atoms with E-state index in [1.165, 1.54) is 0 Å². The Kier molecular flexibility index (Phi) is 1.89. The van der Waals surface area contributed by atoms with Crippen molar-refractivity contribution in [3.05, 3.63) is 42.6 Å². The van der Waals surface area contributed by atoms with E-state index in [0.29, 0.717) is 0 Å². The fourth-order valence-electron chi connectivity index (χ4n) is 0.694. The number of halogens is 3. The molecule has 59 valence electrons. The third-order valence-electron chi connectivity index (χ3n) is 1.27. The fourth-order valence-corrected chi connectivity index (χ4v) is 0.694. The Morgan fingerprint density at radius 2 is 1.55 bits per heavy atom. The molecule has 0 aliphatic heterocycles. The highest BCUT2D eigenvalue weighted by Gasteiger charge is 2.23. The molecule has 0 bridgehead atoms. The van der Waals surface area contributed by atoms with Crippen LogP contribution in [-0.4, -0.2) is 0 Å². The van der Waals surface area contributed by atoms with E-state index in [9.17, 15) is 13.2 Å². The number of benzene rings is 1. The van der Waals surface area contributed by atoms with Gasteiger partial charge in [-0.15, -0.1) is 0 Å². The number of hydrogen-bond donors (Lipinski definition) is 0. The van der Waals surface area contributed by atoms with E-state index in [2.05, 4.69) is 6.92 Å². The highest BCUT2D eigenvalue weighted by molar-refractivity contribution is 5.21. The second-order valence-corrected chi connectivity index (χ2v) is 2.21. The topological polar surface area (TPSA) is 0 Å². The molecule has 0 heterocycles. The Balaban J connectivity index is 2.99. The lowest BCUT2D eigenvalue weighted by Crippen LogP contribution is -2.06. The van der Waals surface area contributed by atoms with Gasteiger partial charge in [0.05, 0.1) is 0 Å². The smallest absolute Gasteiger partial charge is 0.207 e. The number of rotatable bonds is 1. The first-order valence-corrected chi connectivity index (χ1v) is 2.99. The molecule has 1 aromatic carbocycles. The van der Waals surface area contributed by atoms with Gasteiger partial charge in [-0.05, 0) is 12.1 Å². The van der Waals surface area contributed by atoms with Gasteiger partial charge in [0.25, 0.3) is 5.92 Å². The zero-order valence-corrected chi connectivity index (χ0v) is 5.65. The molecule has 1 rings (SSSR count). The second kappa shape index (κ2) is 2.57. The van der Waals surface area contributed by atoms with Crippen molar-refractivity contribution in [3.8, 4) is 0 Å². The molecule has 0 nitrogen and oxygen atoms in total. The normalized spacial score (nSPS) is 11.6. The van der Waals surface area contributed by atoms with Crippen molar-refractivity contribution < 1.29 is 13.2 Å². The molecule has 1 radical (unpaired) electrons. The number of hydrogen-bond acceptors (Lipinski definition) is 0. The lowest BCUT2D eigenvalue weighted by molar-refractivity contribution is 0.0486. The van der Waals surface area contributed by atoms with Crippen LogP contribution in [-0.2, 0) is 5.92 Å². The standard InChI is InChI=1S/C8H6F3/c1-8(10,11)6-2-4-7(9)5-3-6/h2-5H,1H2. The van der Waals surface area contributed by atoms with Crippen LogP contribution in [0, 0.1) is 12.7 Å². The molecule has 0 aliphatic rings. The molecular formula is C8H6F3. The first-order chi connectivity index (χ1) is 5.00. The van der Waals surface area contributed by atoms with Crippen LogP contribution < -0.4 is 0 Å². The van der Waals surface area contributed by atoms with Crippen LogP contribution in [0.1, 0.15) is 5.56 Å². The molecule has 0 aromatic heterocycles. The van der Waals surface area contributed by atoms with Crippen LogP contribution >= 0.6 is 0 Å². The summed E-state index contributed by atoms with van der Waals surface area (Å²) in [5.74, 6) is -3.66. The van der Waals surface area contributed by atoms with Crippen LogP contribution in [0.2, 0.25) is 0 Å². The summed E-state index contributed by atoms with van der Waals surface area (Å²) in [6, 6.07) is 3.99. The SMILES string of the molecule is [CH2]C(F)(F)c1ccc(F)cc1. The average Bonchev–Trinajstić information content (AvgIpc) is 1.86. The van der Waals surface area contributed by atoms with E-state index >= 15 is 0 Å². The van der Waals surface area contributed by atoms with Crippen LogP contribution in [0.3, 0.4) is 0 Å². The predicted octanol–water partition coefficient (Wildman–Crippen LogP) is 2.75. The third kappa shape index (κ3) is 1.97. The molecule has 11 heavy (non-hydrogen) atoms. The largest absolute Gasteiger partial charge is 0.273 e. The lowest BCUT2D eigenvalue weighted by atomic mass is 10.1. The van der Waals surface area contributed by atoms with E-state index < -0.39 is 11.7 Å². The summed E-state index contributed by atoms with van der Waals surface area (Å²) in [4.78, 5) is 0. The van der Waals surface area contributed by atoms with E-state index in [0.717, 1.165) is 24.3 Å². The average molecular weight is 159 g/mol. The van der Waals surface area contributed by atoms with Gasteiger partial charge in [0.15, 0.2) is 0 Å². The molecule has 1 aromatic rings. The zero-order valence-electron chi connectivity index (χ0n) is 5.65. The Bertz CT molecular complexity index is 233. The van der Waals surface area contributed by atoms with Gasteiger partial charge in [0.2, 0.25) is 0 Å². The first-order valence-electron chi connectivity index (χ1n) is 2.99. The molecule has 0 saturated carbocycles. The summed E-state index contributed by atoms with van der Waals surface area (Å²) in [5.41, 5.74) is -0.279. The monoisotopic (exact) mass is 159 g/mol. The van der Waals surface area contributed by atoms with E-state index in [4.69, 9.17) is 0 Å². The zero-order chi connectivity index (χ0) is 8.48. The Labute approximate surface area is 62.7 Å². The van der Waals surface area contributed by atoms with Gasteiger partial charge in [-0.25, -0.2) is 13.2 Å². The third-order valence-corrected chi connectivity index (χ3v) is 1.27. The van der Waals surface area contributed by atoms with Gasteiger partial charge >= 0.3 is 0 Å². The molecule has 0 spiro atoms. The van der Waals surface area contributed by atoms with Crippen LogP contribution in [0.25, 0.3) is 0 Å². The van der Waals surface area contributed by atoms with E-state index in [1.54, 1.807) is 0 Å². The highest BCUT2D eigenvalue weighted by atomic mass is 19.3. The van der Waals surface area contributed by atoms with E-state index in [1.807, 2.05) is 0 Å². The van der Waals surface area contributed by atoms with Gasteiger partial charge in [-0.3, -0.25) is 0 Å². The van der Waals surface area contributed by atoms with Crippen molar-refractivity contribution in [1.82, 2.24) is 0 Å². The van der Waals surface area contributed by atoms with Gasteiger partial charge < -0.3 is 0 Å². The summed E-state index contributed by atoms with van der Waals surface area (Å²) in [6.45, 7) is 2.61. The van der Waals surface area contributed by atoms with Gasteiger partial charge in [0, 0.05) is 12.5 Å². The Hall–Kier alpha value is -0.990. The molecule has 0 N–H and O–H groups in total. The van der Waals surface area contributed by atoms with Crippen molar-refractivity contribution in [2.24, 2.45) is 0 Å². The maximum Gasteiger partial charge on any atom is 0.273 e. The number of alkyl halides is 2. The van der Waals surface area contributed by atoms with Crippen LogP contribution in [0.5, 0.6) is 0 Å². The minimum atomic E-state index is -3.13. The summed E-state index contributed by atoms with van der Waals surface area (Å²) < 4.78 is 36.9. The quantitative estimate of drug-likeness (QED) is 0.591. The van der Waals surface area contributed by atoms with Crippen LogP contribution in [0.4, 0.5) is 13.2 Å². The summed E-state index contributed by atoms with van der Waals surface area (Å²) in [5, 5.41) is 0. The molecule has 0 atom stereocenters. The maximum absolute atomic E-state index is 12.4. The molecule has 3 heteroatoms. The van der Waals surface area contributed by atoms with Crippen LogP contribution in [0.15, 0.2) is 24.3 Å². The van der Waals surface area contributed by atoms with Crippen molar-refractivity contribution in [1.29, 1.82) is 0 Å². The lowest BCUT2D eigenvalue weighted by Gasteiger charge is -2.08. The molecule has 0 fully saturated rings. The summed E-state index contributed by atoms with van der Waals surface area (Å²) in [7, 11) is 0. The Morgan fingerprint density at radius 3 is 1.91 bits per heavy atom. The Morgan fingerprint density at radius 1 is 1.09 bits per heavy atom. The van der Waals surface area contributed by atoms with Gasteiger partial charge in [-0.2, -0.15) is 0 Å². The van der Waals surface area contributed by atoms with Crippen molar-refractivity contribution in [3.63, 3.8) is 0 Å². The minimum Gasteiger partial charge on any atom is -0.207 e. The minimum absolute atomic E-state index is 0.279. The molecule has 0 unspecified atom stereocenters. The van der Waals surface area contributed by atoms with Crippen molar-refractivity contribution in [2.75, 3.05) is 0 Å². The highest BCUT2D eigenvalue weighted by Crippen LogP contribution is 2.25. The second-order valence-electron chi connectivity index (χ2n) is 2.21. The van der Waals surface area contributed by atoms with Crippen molar-refractivity contribution >= 4 is 0 Å². The van der Waals surface area contributed by atoms with Gasteiger partial charge in [-0.1, -0.05) is 12.1 Å². The molecule has 0 aliphatic carbocycles. The van der Waals surface area contributed by atoms with E-state index in [-0.39, 0.29) is 5.56 Å². The molecule has 0 saturated heterocycles. The summed E-state index contributed by atoms with van der Waals surface area (Å²) >= 11 is 0. The van der Waals surface area contributed by atoms with Gasteiger partial charge in [0.1, 0.15) is 5.82 Å². The molecule has 0 amide bonds.